The molecule has 1 aliphatic carbocycles. The van der Waals surface area contributed by atoms with Gasteiger partial charge in [-0.15, -0.1) is 0 Å². The van der Waals surface area contributed by atoms with Gasteiger partial charge < -0.3 is 10.4 Å². The minimum Gasteiger partial charge on any atom is -0.477 e. The van der Waals surface area contributed by atoms with Crippen LogP contribution in [0.4, 0.5) is 5.82 Å². The standard InChI is InChI=1S/C14H23N3O2/c1-9-11(13(18)19)12(17(4)16-9)15-10-7-5-6-8-14(10,2)3/h10,15H,5-8H2,1-4H3,(H,18,19). The maximum atomic E-state index is 11.4. The molecule has 2 rings (SSSR count). The van der Waals surface area contributed by atoms with Gasteiger partial charge in [0.05, 0.1) is 5.69 Å². The number of carboxylic acids is 1. The molecule has 2 N–H and O–H groups in total. The molecule has 0 saturated heterocycles. The summed E-state index contributed by atoms with van der Waals surface area (Å²) in [6, 6.07) is 0.300. The fourth-order valence-corrected chi connectivity index (χ4v) is 3.01. The molecule has 0 bridgehead atoms. The molecule has 0 spiro atoms. The van der Waals surface area contributed by atoms with Crippen molar-refractivity contribution in [2.75, 3.05) is 5.32 Å². The van der Waals surface area contributed by atoms with Crippen LogP contribution >= 0.6 is 0 Å². The Bertz CT molecular complexity index is 491. The summed E-state index contributed by atoms with van der Waals surface area (Å²) < 4.78 is 1.64. The first kappa shape index (κ1) is 13.9. The van der Waals surface area contributed by atoms with E-state index in [9.17, 15) is 9.90 Å². The summed E-state index contributed by atoms with van der Waals surface area (Å²) in [6.45, 7) is 6.22. The normalized spacial score (nSPS) is 22.2. The quantitative estimate of drug-likeness (QED) is 0.882. The van der Waals surface area contributed by atoms with Gasteiger partial charge in [0, 0.05) is 13.1 Å². The summed E-state index contributed by atoms with van der Waals surface area (Å²) in [4.78, 5) is 11.4. The van der Waals surface area contributed by atoms with Crippen LogP contribution in [0.3, 0.4) is 0 Å². The number of carboxylic acid groups (broad SMARTS) is 1. The smallest absolute Gasteiger partial charge is 0.341 e. The monoisotopic (exact) mass is 265 g/mol. The minimum atomic E-state index is -0.915. The topological polar surface area (TPSA) is 67.2 Å². The van der Waals surface area contributed by atoms with E-state index in [1.54, 1.807) is 18.7 Å². The lowest BCUT2D eigenvalue weighted by molar-refractivity contribution is 0.0697. The SMILES string of the molecule is Cc1nn(C)c(NC2CCCCC2(C)C)c1C(=O)O. The van der Waals surface area contributed by atoms with E-state index in [4.69, 9.17) is 0 Å². The Morgan fingerprint density at radius 1 is 1.47 bits per heavy atom. The number of aryl methyl sites for hydroxylation is 2. The molecule has 106 valence electrons. The lowest BCUT2D eigenvalue weighted by atomic mass is 9.73. The van der Waals surface area contributed by atoms with Crippen LogP contribution in [0.25, 0.3) is 0 Å². The molecule has 19 heavy (non-hydrogen) atoms. The van der Waals surface area contributed by atoms with Crippen LogP contribution in [-0.4, -0.2) is 26.9 Å². The van der Waals surface area contributed by atoms with Crippen molar-refractivity contribution in [2.45, 2.75) is 52.5 Å². The highest BCUT2D eigenvalue weighted by Crippen LogP contribution is 2.37. The summed E-state index contributed by atoms with van der Waals surface area (Å²) in [5, 5.41) is 17.0. The minimum absolute atomic E-state index is 0.187. The lowest BCUT2D eigenvalue weighted by Crippen LogP contribution is -2.39. The van der Waals surface area contributed by atoms with E-state index >= 15 is 0 Å². The Hall–Kier alpha value is -1.52. The van der Waals surface area contributed by atoms with Crippen molar-refractivity contribution in [1.82, 2.24) is 9.78 Å². The molecule has 1 heterocycles. The van der Waals surface area contributed by atoms with E-state index < -0.39 is 5.97 Å². The zero-order valence-electron chi connectivity index (χ0n) is 12.2. The molecule has 0 radical (unpaired) electrons. The number of aromatic carboxylic acids is 1. The zero-order valence-corrected chi connectivity index (χ0v) is 12.2. The molecule has 1 fully saturated rings. The highest BCUT2D eigenvalue weighted by atomic mass is 16.4. The molecule has 1 unspecified atom stereocenters. The Morgan fingerprint density at radius 2 is 2.16 bits per heavy atom. The summed E-state index contributed by atoms with van der Waals surface area (Å²) in [7, 11) is 1.79. The second-order valence-corrected chi connectivity index (χ2v) is 6.17. The molecule has 0 amide bonds. The lowest BCUT2D eigenvalue weighted by Gasteiger charge is -2.39. The van der Waals surface area contributed by atoms with Crippen molar-refractivity contribution in [1.29, 1.82) is 0 Å². The number of rotatable bonds is 3. The highest BCUT2D eigenvalue weighted by Gasteiger charge is 2.34. The van der Waals surface area contributed by atoms with E-state index in [0.717, 1.165) is 6.42 Å². The molecule has 1 aliphatic rings. The third kappa shape index (κ3) is 2.60. The first-order chi connectivity index (χ1) is 8.83. The Balaban J connectivity index is 2.30. The maximum absolute atomic E-state index is 11.4. The average Bonchev–Trinajstić information content (AvgIpc) is 2.56. The van der Waals surface area contributed by atoms with Crippen LogP contribution in [0.2, 0.25) is 0 Å². The van der Waals surface area contributed by atoms with Gasteiger partial charge in [0.2, 0.25) is 0 Å². The van der Waals surface area contributed by atoms with Crippen molar-refractivity contribution >= 4 is 11.8 Å². The summed E-state index contributed by atoms with van der Waals surface area (Å²) in [5.74, 6) is -0.285. The predicted octanol–water partition coefficient (Wildman–Crippen LogP) is 2.81. The summed E-state index contributed by atoms with van der Waals surface area (Å²) in [5.41, 5.74) is 1.04. The number of nitrogens with one attached hydrogen (secondary N) is 1. The van der Waals surface area contributed by atoms with Crippen molar-refractivity contribution in [2.24, 2.45) is 12.5 Å². The highest BCUT2D eigenvalue weighted by molar-refractivity contribution is 5.94. The molecule has 1 saturated carbocycles. The fraction of sp³-hybridized carbons (Fsp3) is 0.714. The van der Waals surface area contributed by atoms with Crippen LogP contribution in [0.5, 0.6) is 0 Å². The van der Waals surface area contributed by atoms with Gasteiger partial charge in [-0.2, -0.15) is 5.10 Å². The van der Waals surface area contributed by atoms with E-state index in [2.05, 4.69) is 24.3 Å². The summed E-state index contributed by atoms with van der Waals surface area (Å²) in [6.07, 6.45) is 4.70. The van der Waals surface area contributed by atoms with Gasteiger partial charge in [-0.25, -0.2) is 4.79 Å². The Kier molecular flexibility index (Phi) is 3.56. The number of carbonyl (C=O) groups is 1. The van der Waals surface area contributed by atoms with Gasteiger partial charge in [-0.1, -0.05) is 26.7 Å². The van der Waals surface area contributed by atoms with Gasteiger partial charge in [-0.05, 0) is 25.2 Å². The second kappa shape index (κ2) is 4.87. The molecule has 1 aromatic rings. The van der Waals surface area contributed by atoms with E-state index in [1.807, 2.05) is 0 Å². The van der Waals surface area contributed by atoms with Gasteiger partial charge >= 0.3 is 5.97 Å². The van der Waals surface area contributed by atoms with Crippen molar-refractivity contribution in [3.05, 3.63) is 11.3 Å². The number of hydrogen-bond acceptors (Lipinski definition) is 3. The first-order valence-electron chi connectivity index (χ1n) is 6.86. The van der Waals surface area contributed by atoms with E-state index in [1.165, 1.54) is 19.3 Å². The summed E-state index contributed by atoms with van der Waals surface area (Å²) >= 11 is 0. The van der Waals surface area contributed by atoms with Crippen LogP contribution in [-0.2, 0) is 7.05 Å². The van der Waals surface area contributed by atoms with Gasteiger partial charge in [0.1, 0.15) is 11.4 Å². The van der Waals surface area contributed by atoms with Crippen molar-refractivity contribution in [3.63, 3.8) is 0 Å². The van der Waals surface area contributed by atoms with Crippen LogP contribution in [0.15, 0.2) is 0 Å². The molecule has 0 aliphatic heterocycles. The van der Waals surface area contributed by atoms with E-state index in [0.29, 0.717) is 23.1 Å². The van der Waals surface area contributed by atoms with Crippen molar-refractivity contribution < 1.29 is 9.90 Å². The van der Waals surface area contributed by atoms with Crippen molar-refractivity contribution in [3.8, 4) is 0 Å². The molecular weight excluding hydrogens is 242 g/mol. The fourth-order valence-electron chi connectivity index (χ4n) is 3.01. The number of anilines is 1. The Labute approximate surface area is 114 Å². The number of aromatic nitrogens is 2. The predicted molar refractivity (Wildman–Crippen MR) is 74.6 cm³/mol. The third-order valence-electron chi connectivity index (χ3n) is 4.25. The van der Waals surface area contributed by atoms with Gasteiger partial charge in [0.25, 0.3) is 0 Å². The average molecular weight is 265 g/mol. The maximum Gasteiger partial charge on any atom is 0.341 e. The van der Waals surface area contributed by atoms with Crippen LogP contribution in [0.1, 0.15) is 55.6 Å². The van der Waals surface area contributed by atoms with Crippen LogP contribution < -0.4 is 5.32 Å². The first-order valence-corrected chi connectivity index (χ1v) is 6.86. The molecular formula is C14H23N3O2. The molecule has 5 nitrogen and oxygen atoms in total. The second-order valence-electron chi connectivity index (χ2n) is 6.17. The van der Waals surface area contributed by atoms with E-state index in [-0.39, 0.29) is 5.41 Å². The van der Waals surface area contributed by atoms with Gasteiger partial charge in [0.15, 0.2) is 0 Å². The Morgan fingerprint density at radius 3 is 2.74 bits per heavy atom. The van der Waals surface area contributed by atoms with Crippen LogP contribution in [0, 0.1) is 12.3 Å². The zero-order chi connectivity index (χ0) is 14.2. The third-order valence-corrected chi connectivity index (χ3v) is 4.25. The molecule has 0 aromatic carbocycles. The molecule has 1 atom stereocenters. The number of nitrogens with zero attached hydrogens (tertiary/aromatic N) is 2. The largest absolute Gasteiger partial charge is 0.477 e. The number of hydrogen-bond donors (Lipinski definition) is 2. The molecule has 1 aromatic heterocycles. The molecule has 5 heteroatoms. The van der Waals surface area contributed by atoms with Gasteiger partial charge in [-0.3, -0.25) is 4.68 Å².